The first kappa shape index (κ1) is 29.1. The molecule has 1 saturated carbocycles. The minimum atomic E-state index is -1.86. The lowest BCUT2D eigenvalue weighted by atomic mass is 9.56. The fourth-order valence-electron chi connectivity index (χ4n) is 6.89. The minimum absolute atomic E-state index is 0.0626. The number of hydrogen-bond acceptors (Lipinski definition) is 6. The lowest BCUT2D eigenvalue weighted by Gasteiger charge is -2.50. The van der Waals surface area contributed by atoms with Crippen LogP contribution in [0.25, 0.3) is 0 Å². The van der Waals surface area contributed by atoms with Gasteiger partial charge in [-0.15, -0.1) is 23.2 Å². The first-order chi connectivity index (χ1) is 19.6. The number of imide groups is 2. The molecule has 2 aromatic carbocycles. The molecule has 4 amide bonds. The molecule has 2 heterocycles. The summed E-state index contributed by atoms with van der Waals surface area (Å²) >= 11 is 19.9. The molecule has 1 N–H and O–H groups in total. The van der Waals surface area contributed by atoms with Crippen molar-refractivity contribution < 1.29 is 29.0 Å². The molecule has 4 aliphatic rings. The first-order valence-electron chi connectivity index (χ1n) is 13.1. The normalized spacial score (nSPS) is 32.6. The zero-order chi connectivity index (χ0) is 29.3. The maximum absolute atomic E-state index is 14.0. The molecule has 12 heteroatoms. The number of alkyl halides is 3. The predicted molar refractivity (Wildman–Crippen MR) is 164 cm³/mol. The second-order valence-corrected chi connectivity index (χ2v) is 13.6. The Kier molecular flexibility index (Phi) is 7.54. The van der Waals surface area contributed by atoms with Crippen molar-refractivity contribution in [2.45, 2.75) is 28.5 Å². The number of carbonyl (C=O) groups is 4. The van der Waals surface area contributed by atoms with Gasteiger partial charge in [-0.2, -0.15) is 0 Å². The summed E-state index contributed by atoms with van der Waals surface area (Å²) in [5.41, 5.74) is 1.76. The highest BCUT2D eigenvalue weighted by molar-refractivity contribution is 14.1. The van der Waals surface area contributed by atoms with Crippen LogP contribution in [-0.4, -0.2) is 62.1 Å². The Morgan fingerprint density at radius 3 is 2.29 bits per heavy atom. The molecule has 0 spiro atoms. The van der Waals surface area contributed by atoms with Crippen molar-refractivity contribution in [3.63, 3.8) is 0 Å². The number of carbonyl (C=O) groups excluding carboxylic acids is 4. The van der Waals surface area contributed by atoms with Crippen LogP contribution in [-0.2, 0) is 19.2 Å². The van der Waals surface area contributed by atoms with Gasteiger partial charge in [-0.25, -0.2) is 0 Å². The van der Waals surface area contributed by atoms with Gasteiger partial charge in [-0.3, -0.25) is 29.0 Å². The number of amides is 4. The Bertz CT molecular complexity index is 1490. The molecule has 214 valence electrons. The molecule has 2 aliphatic heterocycles. The largest absolute Gasteiger partial charge is 0.491 e. The van der Waals surface area contributed by atoms with Crippen molar-refractivity contribution in [2.75, 3.05) is 23.6 Å². The zero-order valence-corrected chi connectivity index (χ0v) is 26.7. The molecule has 6 atom stereocenters. The van der Waals surface area contributed by atoms with Crippen LogP contribution in [0.3, 0.4) is 0 Å². The fraction of sp³-hybridized carbons (Fsp3) is 0.379. The molecule has 6 rings (SSSR count). The summed E-state index contributed by atoms with van der Waals surface area (Å²) in [5, 5.41) is 9.10. The first-order valence-corrected chi connectivity index (χ1v) is 16.0. The van der Waals surface area contributed by atoms with E-state index in [9.17, 15) is 19.2 Å². The van der Waals surface area contributed by atoms with Gasteiger partial charge in [0.25, 0.3) is 11.8 Å². The van der Waals surface area contributed by atoms with Gasteiger partial charge in [0, 0.05) is 9.49 Å². The Hall–Kier alpha value is -1.99. The summed E-state index contributed by atoms with van der Waals surface area (Å²) in [6, 6.07) is 14.1. The van der Waals surface area contributed by atoms with E-state index in [0.29, 0.717) is 23.4 Å². The maximum Gasteiger partial charge on any atom is 0.254 e. The third-order valence-corrected chi connectivity index (χ3v) is 11.3. The summed E-state index contributed by atoms with van der Waals surface area (Å²) in [4.78, 5) is 53.7. The van der Waals surface area contributed by atoms with Crippen molar-refractivity contribution in [3.8, 4) is 5.75 Å². The third-order valence-electron chi connectivity index (χ3n) is 8.67. The van der Waals surface area contributed by atoms with Gasteiger partial charge in [0.05, 0.1) is 29.6 Å². The highest BCUT2D eigenvalue weighted by Gasteiger charge is 2.76. The monoisotopic (exact) mass is 772 g/mol. The lowest BCUT2D eigenvalue weighted by molar-refractivity contribution is -0.138. The van der Waals surface area contributed by atoms with E-state index < -0.39 is 45.2 Å². The molecule has 41 heavy (non-hydrogen) atoms. The molecule has 8 nitrogen and oxygen atoms in total. The number of nitrogens with zero attached hydrogens (tertiary/aromatic N) is 2. The zero-order valence-electron chi connectivity index (χ0n) is 21.4. The average molecular weight is 774 g/mol. The molecule has 6 unspecified atom stereocenters. The Balaban J connectivity index is 1.47. The van der Waals surface area contributed by atoms with Crippen LogP contribution >= 0.6 is 61.7 Å². The standard InChI is InChI=1S/C29H24BrCl2IN2O6/c30-14-34-26(39)28(31)13-21-19(23(29(28,32)27(34)40)15-1-7-18(8-2-15)41-12-11-36)9-10-20-22(21)25(38)35(24(20)37)17-5-3-16(33)4-6-17/h1-9,20-23,36H,10-14H2. The van der Waals surface area contributed by atoms with E-state index in [2.05, 4.69) is 38.5 Å². The average Bonchev–Trinajstić information content (AvgIpc) is 3.30. The van der Waals surface area contributed by atoms with Gasteiger partial charge in [0.2, 0.25) is 11.8 Å². The Morgan fingerprint density at radius 2 is 1.66 bits per heavy atom. The molecule has 3 fully saturated rings. The third kappa shape index (κ3) is 4.15. The van der Waals surface area contributed by atoms with E-state index in [0.717, 1.165) is 14.0 Å². The number of ether oxygens (including phenoxy) is 1. The van der Waals surface area contributed by atoms with Crippen LogP contribution in [0, 0.1) is 21.3 Å². The number of rotatable bonds is 6. The van der Waals surface area contributed by atoms with Crippen LogP contribution in [0.4, 0.5) is 5.69 Å². The maximum atomic E-state index is 14.0. The van der Waals surface area contributed by atoms with Crippen molar-refractivity contribution in [1.29, 1.82) is 0 Å². The van der Waals surface area contributed by atoms with Crippen molar-refractivity contribution >= 4 is 91.0 Å². The van der Waals surface area contributed by atoms with Crippen LogP contribution in [0.15, 0.2) is 60.2 Å². The highest BCUT2D eigenvalue weighted by atomic mass is 127. The van der Waals surface area contributed by atoms with Gasteiger partial charge in [-0.1, -0.05) is 39.7 Å². The van der Waals surface area contributed by atoms with E-state index >= 15 is 0 Å². The van der Waals surface area contributed by atoms with Crippen LogP contribution in [0.2, 0.25) is 0 Å². The second-order valence-electron chi connectivity index (χ2n) is 10.6. The molecule has 0 radical (unpaired) electrons. The van der Waals surface area contributed by atoms with Crippen molar-refractivity contribution in [2.24, 2.45) is 17.8 Å². The summed E-state index contributed by atoms with van der Waals surface area (Å²) in [7, 11) is 0. The molecule has 2 aliphatic carbocycles. The van der Waals surface area contributed by atoms with Crippen LogP contribution in [0.1, 0.15) is 24.3 Å². The smallest absolute Gasteiger partial charge is 0.254 e. The van der Waals surface area contributed by atoms with E-state index in [1.54, 1.807) is 36.4 Å². The fourth-order valence-corrected chi connectivity index (χ4v) is 8.68. The summed E-state index contributed by atoms with van der Waals surface area (Å²) in [6.45, 7) is -0.0320. The summed E-state index contributed by atoms with van der Waals surface area (Å²) in [5.74, 6) is -4.18. The summed E-state index contributed by atoms with van der Waals surface area (Å²) in [6.07, 6.45) is 2.14. The number of allylic oxidation sites excluding steroid dienone is 2. The number of halogens is 4. The molecular weight excluding hydrogens is 750 g/mol. The van der Waals surface area contributed by atoms with Gasteiger partial charge >= 0.3 is 0 Å². The van der Waals surface area contributed by atoms with Crippen molar-refractivity contribution in [1.82, 2.24) is 4.90 Å². The second kappa shape index (κ2) is 10.6. The minimum Gasteiger partial charge on any atom is -0.491 e. The molecular formula is C29H24BrCl2IN2O6. The van der Waals surface area contributed by atoms with Gasteiger partial charge in [-0.05, 0) is 83.3 Å². The topological polar surface area (TPSA) is 104 Å². The van der Waals surface area contributed by atoms with Gasteiger partial charge in [0.15, 0.2) is 9.75 Å². The predicted octanol–water partition coefficient (Wildman–Crippen LogP) is 4.58. The molecule has 2 saturated heterocycles. The number of aliphatic hydroxyl groups excluding tert-OH is 1. The SMILES string of the molecule is O=C1C2CC=C3C(CC4(Cl)C(=O)N(CBr)C(=O)C4(Cl)C3c3ccc(OCCO)cc3)C2C(=O)N1c1ccc(I)cc1. The quantitative estimate of drug-likeness (QED) is 0.152. The number of hydrogen-bond donors (Lipinski definition) is 1. The molecule has 0 bridgehead atoms. The van der Waals surface area contributed by atoms with Gasteiger partial charge < -0.3 is 9.84 Å². The van der Waals surface area contributed by atoms with Crippen LogP contribution < -0.4 is 9.64 Å². The number of anilines is 1. The van der Waals surface area contributed by atoms with E-state index in [1.807, 2.05) is 18.2 Å². The van der Waals surface area contributed by atoms with Crippen molar-refractivity contribution in [3.05, 3.63) is 69.3 Å². The van der Waals surface area contributed by atoms with E-state index in [1.165, 1.54) is 4.90 Å². The Labute approximate surface area is 268 Å². The lowest BCUT2D eigenvalue weighted by Crippen LogP contribution is -2.60. The number of fused-ring (bicyclic) bond motifs is 4. The van der Waals surface area contributed by atoms with E-state index in [-0.39, 0.29) is 36.9 Å². The Morgan fingerprint density at radius 1 is 0.976 bits per heavy atom. The van der Waals surface area contributed by atoms with E-state index in [4.69, 9.17) is 33.0 Å². The summed E-state index contributed by atoms with van der Waals surface area (Å²) < 4.78 is 6.48. The number of likely N-dealkylation sites (tertiary alicyclic amines) is 1. The molecule has 0 aromatic heterocycles. The number of aliphatic hydroxyl groups is 1. The van der Waals surface area contributed by atoms with Gasteiger partial charge in [0.1, 0.15) is 12.4 Å². The molecule has 2 aromatic rings. The highest BCUT2D eigenvalue weighted by Crippen LogP contribution is 2.65. The van der Waals surface area contributed by atoms with Crippen LogP contribution in [0.5, 0.6) is 5.75 Å². The number of benzene rings is 2.